The Morgan fingerprint density at radius 1 is 1.10 bits per heavy atom. The van der Waals surface area contributed by atoms with Crippen molar-refractivity contribution < 1.29 is 13.9 Å². The number of carbonyl (C=O) groups excluding carboxylic acids is 1. The van der Waals surface area contributed by atoms with Gasteiger partial charge in [-0.1, -0.05) is 30.3 Å². The number of aromatic nitrogens is 1. The molecule has 1 aliphatic rings. The van der Waals surface area contributed by atoms with Crippen LogP contribution in [0.1, 0.15) is 44.2 Å². The van der Waals surface area contributed by atoms with Gasteiger partial charge in [-0.2, -0.15) is 0 Å². The number of fused-ring (bicyclic) bond motifs is 1. The Hall–Kier alpha value is -2.66. The van der Waals surface area contributed by atoms with E-state index in [-0.39, 0.29) is 29.9 Å². The van der Waals surface area contributed by atoms with E-state index in [2.05, 4.69) is 29.8 Å². The van der Waals surface area contributed by atoms with E-state index in [9.17, 15) is 9.18 Å². The summed E-state index contributed by atoms with van der Waals surface area (Å²) in [6.07, 6.45) is 2.56. The second-order valence-electron chi connectivity index (χ2n) is 8.25. The van der Waals surface area contributed by atoms with Crippen molar-refractivity contribution in [3.05, 3.63) is 71.7 Å². The summed E-state index contributed by atoms with van der Waals surface area (Å²) in [5.74, 6) is -0.292. The molecule has 30 heavy (non-hydrogen) atoms. The smallest absolute Gasteiger partial charge is 0.223 e. The Kier molecular flexibility index (Phi) is 5.91. The first-order valence-corrected chi connectivity index (χ1v) is 10.7. The van der Waals surface area contributed by atoms with Gasteiger partial charge in [0, 0.05) is 49.1 Å². The molecular formula is C25H29FN2O2. The molecule has 1 saturated heterocycles. The minimum atomic E-state index is -0.268. The van der Waals surface area contributed by atoms with Crippen LogP contribution in [0.3, 0.4) is 0 Å². The molecule has 1 amide bonds. The summed E-state index contributed by atoms with van der Waals surface area (Å²) in [4.78, 5) is 15.2. The third-order valence-electron chi connectivity index (χ3n) is 5.96. The molecule has 3 atom stereocenters. The van der Waals surface area contributed by atoms with Gasteiger partial charge in [-0.25, -0.2) is 4.39 Å². The molecule has 0 bridgehead atoms. The van der Waals surface area contributed by atoms with E-state index < -0.39 is 0 Å². The van der Waals surface area contributed by atoms with Gasteiger partial charge in [-0.15, -0.1) is 0 Å². The van der Waals surface area contributed by atoms with Crippen molar-refractivity contribution in [3.63, 3.8) is 0 Å². The van der Waals surface area contributed by atoms with Crippen LogP contribution < -0.4 is 0 Å². The molecule has 0 saturated carbocycles. The summed E-state index contributed by atoms with van der Waals surface area (Å²) in [6, 6.07) is 14.8. The monoisotopic (exact) mass is 408 g/mol. The number of hydrogen-bond acceptors (Lipinski definition) is 2. The van der Waals surface area contributed by atoms with E-state index >= 15 is 0 Å². The summed E-state index contributed by atoms with van der Waals surface area (Å²) in [5.41, 5.74) is 3.23. The number of benzene rings is 2. The van der Waals surface area contributed by atoms with Gasteiger partial charge < -0.3 is 14.2 Å². The van der Waals surface area contributed by atoms with Crippen LogP contribution in [0.4, 0.5) is 4.39 Å². The highest BCUT2D eigenvalue weighted by Crippen LogP contribution is 2.35. The van der Waals surface area contributed by atoms with Crippen LogP contribution in [0, 0.1) is 5.82 Å². The molecule has 5 heteroatoms. The number of hydrogen-bond donors (Lipinski definition) is 0. The fourth-order valence-electron chi connectivity index (χ4n) is 4.60. The molecule has 2 aromatic carbocycles. The minimum absolute atomic E-state index is 0.0315. The molecule has 0 N–H and O–H groups in total. The topological polar surface area (TPSA) is 34.5 Å². The van der Waals surface area contributed by atoms with Crippen molar-refractivity contribution in [2.45, 2.75) is 51.9 Å². The maximum Gasteiger partial charge on any atom is 0.223 e. The van der Waals surface area contributed by atoms with Crippen molar-refractivity contribution >= 4 is 16.8 Å². The van der Waals surface area contributed by atoms with Gasteiger partial charge in [0.05, 0.1) is 12.2 Å². The van der Waals surface area contributed by atoms with E-state index in [1.807, 2.05) is 30.9 Å². The molecule has 3 unspecified atom stereocenters. The van der Waals surface area contributed by atoms with Crippen LogP contribution in [0.2, 0.25) is 0 Å². The van der Waals surface area contributed by atoms with Crippen LogP contribution in [-0.2, 0) is 16.1 Å². The van der Waals surface area contributed by atoms with Gasteiger partial charge in [0.15, 0.2) is 0 Å². The third-order valence-corrected chi connectivity index (χ3v) is 5.96. The zero-order valence-corrected chi connectivity index (χ0v) is 17.8. The number of aryl methyl sites for hydroxylation is 1. The molecule has 1 aliphatic heterocycles. The highest BCUT2D eigenvalue weighted by molar-refractivity contribution is 5.86. The molecule has 4 rings (SSSR count). The van der Waals surface area contributed by atoms with Gasteiger partial charge in [-0.3, -0.25) is 4.79 Å². The lowest BCUT2D eigenvalue weighted by Gasteiger charge is -2.36. The van der Waals surface area contributed by atoms with Crippen molar-refractivity contribution in [1.29, 1.82) is 0 Å². The van der Waals surface area contributed by atoms with Crippen molar-refractivity contribution in [2.75, 3.05) is 13.1 Å². The van der Waals surface area contributed by atoms with Gasteiger partial charge in [-0.05, 0) is 50.1 Å². The molecule has 2 heterocycles. The number of morpholine rings is 1. The van der Waals surface area contributed by atoms with Crippen LogP contribution in [0.25, 0.3) is 10.9 Å². The molecule has 0 radical (unpaired) electrons. The molecular weight excluding hydrogens is 379 g/mol. The van der Waals surface area contributed by atoms with Gasteiger partial charge in [0.2, 0.25) is 5.91 Å². The summed E-state index contributed by atoms with van der Waals surface area (Å²) >= 11 is 0. The Balaban J connectivity index is 1.73. The van der Waals surface area contributed by atoms with Gasteiger partial charge in [0.1, 0.15) is 5.82 Å². The zero-order valence-electron chi connectivity index (χ0n) is 17.8. The SMILES string of the molecule is CCn1cc(C(CC(=O)N2CC(C)OC(C)C2)c2ccc(F)cc2)c2ccccc21. The van der Waals surface area contributed by atoms with Crippen molar-refractivity contribution in [2.24, 2.45) is 0 Å². The van der Waals surface area contributed by atoms with Gasteiger partial charge >= 0.3 is 0 Å². The number of amides is 1. The molecule has 1 aromatic heterocycles. The normalized spacial score (nSPS) is 20.5. The van der Waals surface area contributed by atoms with Crippen LogP contribution >= 0.6 is 0 Å². The van der Waals surface area contributed by atoms with E-state index in [0.717, 1.165) is 28.6 Å². The largest absolute Gasteiger partial charge is 0.372 e. The number of nitrogens with zero attached hydrogens (tertiary/aromatic N) is 2. The third kappa shape index (κ3) is 4.12. The van der Waals surface area contributed by atoms with E-state index in [1.165, 1.54) is 12.1 Å². The Morgan fingerprint density at radius 3 is 2.43 bits per heavy atom. The summed E-state index contributed by atoms with van der Waals surface area (Å²) in [5, 5.41) is 1.14. The average molecular weight is 409 g/mol. The maximum absolute atomic E-state index is 13.6. The Bertz CT molecular complexity index is 1020. The lowest BCUT2D eigenvalue weighted by atomic mass is 9.87. The fraction of sp³-hybridized carbons (Fsp3) is 0.400. The Labute approximate surface area is 177 Å². The highest BCUT2D eigenvalue weighted by atomic mass is 19.1. The number of para-hydroxylation sites is 1. The lowest BCUT2D eigenvalue weighted by Crippen LogP contribution is -2.48. The summed E-state index contributed by atoms with van der Waals surface area (Å²) < 4.78 is 21.6. The molecule has 0 aliphatic carbocycles. The fourth-order valence-corrected chi connectivity index (χ4v) is 4.60. The van der Waals surface area contributed by atoms with Crippen LogP contribution in [0.5, 0.6) is 0 Å². The van der Waals surface area contributed by atoms with E-state index in [0.29, 0.717) is 19.5 Å². The van der Waals surface area contributed by atoms with Crippen molar-refractivity contribution in [3.8, 4) is 0 Å². The average Bonchev–Trinajstić information content (AvgIpc) is 3.10. The van der Waals surface area contributed by atoms with Crippen LogP contribution in [-0.4, -0.2) is 40.7 Å². The molecule has 0 spiro atoms. The predicted octanol–water partition coefficient (Wildman–Crippen LogP) is 4.96. The van der Waals surface area contributed by atoms with Crippen molar-refractivity contribution in [1.82, 2.24) is 9.47 Å². The minimum Gasteiger partial charge on any atom is -0.372 e. The van der Waals surface area contributed by atoms with Crippen LogP contribution in [0.15, 0.2) is 54.7 Å². The quantitative estimate of drug-likeness (QED) is 0.598. The number of carbonyl (C=O) groups is 1. The molecule has 1 fully saturated rings. The first-order valence-electron chi connectivity index (χ1n) is 10.7. The maximum atomic E-state index is 13.6. The predicted molar refractivity (Wildman–Crippen MR) is 117 cm³/mol. The second-order valence-corrected chi connectivity index (χ2v) is 8.25. The number of halogens is 1. The lowest BCUT2D eigenvalue weighted by molar-refractivity contribution is -0.143. The summed E-state index contributed by atoms with van der Waals surface area (Å²) in [7, 11) is 0. The zero-order chi connectivity index (χ0) is 21.3. The molecule has 3 aromatic rings. The first kappa shape index (κ1) is 20.6. The summed E-state index contributed by atoms with van der Waals surface area (Å²) in [6.45, 7) is 8.18. The first-order chi connectivity index (χ1) is 14.5. The number of rotatable bonds is 5. The van der Waals surface area contributed by atoms with Gasteiger partial charge in [0.25, 0.3) is 0 Å². The second kappa shape index (κ2) is 8.60. The Morgan fingerprint density at radius 2 is 1.77 bits per heavy atom. The molecule has 158 valence electrons. The highest BCUT2D eigenvalue weighted by Gasteiger charge is 2.29. The standard InChI is InChI=1S/C25H29FN2O2/c1-4-27-16-23(21-7-5-6-8-24(21)27)22(19-9-11-20(26)12-10-19)13-25(29)28-14-17(2)30-18(3)15-28/h5-12,16-18,22H,4,13-15H2,1-3H3. The molecule has 4 nitrogen and oxygen atoms in total. The van der Waals surface area contributed by atoms with E-state index in [4.69, 9.17) is 4.74 Å². The van der Waals surface area contributed by atoms with E-state index in [1.54, 1.807) is 12.1 Å². The number of ether oxygens (including phenoxy) is 1.